The zero-order valence-electron chi connectivity index (χ0n) is 37.8. The Morgan fingerprint density at radius 1 is 0.275 bits per heavy atom. The number of anilines is 6. The Morgan fingerprint density at radius 3 is 1.32 bits per heavy atom. The van der Waals surface area contributed by atoms with Gasteiger partial charge in [-0.2, -0.15) is 0 Å². The second-order valence-corrected chi connectivity index (χ2v) is 18.3. The molecule has 0 saturated heterocycles. The monoisotopic (exact) mass is 876 g/mol. The van der Waals surface area contributed by atoms with Crippen LogP contribution < -0.4 is 9.80 Å². The predicted molar refractivity (Wildman–Crippen MR) is 287 cm³/mol. The number of benzene rings is 11. The highest BCUT2D eigenvalue weighted by atomic mass is 15.2. The van der Waals surface area contributed by atoms with Gasteiger partial charge in [-0.15, -0.1) is 0 Å². The third kappa shape index (κ3) is 5.79. The van der Waals surface area contributed by atoms with Crippen LogP contribution in [0.3, 0.4) is 0 Å². The fraction of sp³-hybridized carbons (Fsp3) is 0.0149. The van der Waals surface area contributed by atoms with Crippen molar-refractivity contribution in [3.05, 3.63) is 289 Å². The first kappa shape index (κ1) is 39.2. The van der Waals surface area contributed by atoms with Crippen LogP contribution in [0.4, 0.5) is 34.1 Å². The molecular weight excluding hydrogens is 833 g/mol. The van der Waals surface area contributed by atoms with E-state index in [0.717, 1.165) is 34.1 Å². The molecule has 3 aliphatic rings. The van der Waals surface area contributed by atoms with Gasteiger partial charge in [0, 0.05) is 28.2 Å². The van der Waals surface area contributed by atoms with E-state index in [0.29, 0.717) is 0 Å². The number of nitrogens with zero attached hydrogens (tertiary/aromatic N) is 2. The van der Waals surface area contributed by atoms with E-state index in [9.17, 15) is 0 Å². The molecule has 1 spiro atoms. The van der Waals surface area contributed by atoms with Crippen LogP contribution in [0.15, 0.2) is 267 Å². The normalized spacial score (nSPS) is 13.0. The summed E-state index contributed by atoms with van der Waals surface area (Å²) in [5, 5.41) is 0. The van der Waals surface area contributed by atoms with E-state index in [1.807, 2.05) is 0 Å². The van der Waals surface area contributed by atoms with E-state index in [2.05, 4.69) is 277 Å². The molecule has 2 aliphatic carbocycles. The molecule has 69 heavy (non-hydrogen) atoms. The zero-order valence-corrected chi connectivity index (χ0v) is 37.8. The van der Waals surface area contributed by atoms with Gasteiger partial charge < -0.3 is 9.80 Å². The van der Waals surface area contributed by atoms with Crippen LogP contribution in [0.25, 0.3) is 66.8 Å². The highest BCUT2D eigenvalue weighted by molar-refractivity contribution is 6.08. The summed E-state index contributed by atoms with van der Waals surface area (Å²) in [5.41, 5.74) is 25.9. The van der Waals surface area contributed by atoms with Crippen LogP contribution in [0.2, 0.25) is 0 Å². The Bertz CT molecular complexity index is 3750. The summed E-state index contributed by atoms with van der Waals surface area (Å²) in [4.78, 5) is 4.99. The SMILES string of the molecule is c1ccc(-c2ccc(N(c3ccc4c(c3)-c3ccccc3-c3ccccc3C43c4ccccc4-c4ccccc43)c3cccc4c3N(c3ccccc3)c3ccccc3-c3ccccc3-4)cc2)cc1. The first-order chi connectivity index (χ1) is 34.3. The molecule has 0 unspecified atom stereocenters. The van der Waals surface area contributed by atoms with Gasteiger partial charge in [0.25, 0.3) is 0 Å². The van der Waals surface area contributed by atoms with Gasteiger partial charge in [0.1, 0.15) is 0 Å². The zero-order chi connectivity index (χ0) is 45.5. The molecular formula is C67H44N2. The third-order valence-corrected chi connectivity index (χ3v) is 14.8. The van der Waals surface area contributed by atoms with Gasteiger partial charge in [-0.25, -0.2) is 0 Å². The van der Waals surface area contributed by atoms with Gasteiger partial charge in [0.05, 0.1) is 22.5 Å². The van der Waals surface area contributed by atoms with Crippen molar-refractivity contribution >= 4 is 34.1 Å². The van der Waals surface area contributed by atoms with Crippen LogP contribution in [0.5, 0.6) is 0 Å². The number of hydrogen-bond acceptors (Lipinski definition) is 2. The van der Waals surface area contributed by atoms with Crippen LogP contribution in [0.1, 0.15) is 22.3 Å². The van der Waals surface area contributed by atoms with Gasteiger partial charge in [-0.3, -0.25) is 0 Å². The molecule has 11 aromatic carbocycles. The van der Waals surface area contributed by atoms with Crippen molar-refractivity contribution in [2.75, 3.05) is 9.80 Å². The van der Waals surface area contributed by atoms with Crippen molar-refractivity contribution < 1.29 is 0 Å². The molecule has 2 heteroatoms. The lowest BCUT2D eigenvalue weighted by Gasteiger charge is -2.37. The van der Waals surface area contributed by atoms with E-state index >= 15 is 0 Å². The summed E-state index contributed by atoms with van der Waals surface area (Å²) >= 11 is 0. The average molecular weight is 877 g/mol. The average Bonchev–Trinajstić information content (AvgIpc) is 3.59. The van der Waals surface area contributed by atoms with Crippen LogP contribution in [-0.4, -0.2) is 0 Å². The lowest BCUT2D eigenvalue weighted by Crippen LogP contribution is -2.29. The number of hydrogen-bond donors (Lipinski definition) is 0. The van der Waals surface area contributed by atoms with E-state index in [1.54, 1.807) is 0 Å². The van der Waals surface area contributed by atoms with Crippen molar-refractivity contribution in [1.82, 2.24) is 0 Å². The van der Waals surface area contributed by atoms with Gasteiger partial charge >= 0.3 is 0 Å². The van der Waals surface area contributed by atoms with Crippen molar-refractivity contribution in [2.24, 2.45) is 0 Å². The quantitative estimate of drug-likeness (QED) is 0.170. The maximum Gasteiger partial charge on any atom is 0.0781 e. The molecule has 0 fully saturated rings. The second kappa shape index (κ2) is 15.6. The summed E-state index contributed by atoms with van der Waals surface area (Å²) in [7, 11) is 0. The molecule has 0 atom stereocenters. The Hall–Kier alpha value is -8.98. The number of rotatable bonds is 5. The maximum atomic E-state index is 2.50. The fourth-order valence-electron chi connectivity index (χ4n) is 12.0. The summed E-state index contributed by atoms with van der Waals surface area (Å²) in [6.45, 7) is 0. The Balaban J connectivity index is 1.09. The van der Waals surface area contributed by atoms with Crippen molar-refractivity contribution in [1.29, 1.82) is 0 Å². The van der Waals surface area contributed by atoms with Crippen LogP contribution in [-0.2, 0) is 5.41 Å². The minimum absolute atomic E-state index is 0.569. The molecule has 0 saturated carbocycles. The molecule has 14 rings (SSSR count). The third-order valence-electron chi connectivity index (χ3n) is 14.8. The van der Waals surface area contributed by atoms with Gasteiger partial charge in [-0.1, -0.05) is 218 Å². The van der Waals surface area contributed by atoms with Crippen molar-refractivity contribution in [2.45, 2.75) is 5.41 Å². The highest BCUT2D eigenvalue weighted by Gasteiger charge is 2.49. The largest absolute Gasteiger partial charge is 0.308 e. The van der Waals surface area contributed by atoms with Gasteiger partial charge in [0.2, 0.25) is 0 Å². The van der Waals surface area contributed by atoms with E-state index in [4.69, 9.17) is 0 Å². The molecule has 0 aromatic heterocycles. The molecule has 0 bridgehead atoms. The Kier molecular flexibility index (Phi) is 8.84. The molecule has 0 N–H and O–H groups in total. The standard InChI is InChI=1S/C67H44N2/c1-3-20-45(21-4-1)46-38-40-48(41-39-46)68(65-37-19-32-58-52-26-9-8-25-51(52)57-31-14-18-36-64(57)69(66(58)65)47-22-5-2-6-23-47)49-42-43-63-59(44-49)53-27-10-7-24-50(53)54-28-11-15-33-60(54)67(63)61-34-16-12-29-55(61)56-30-13-17-35-62(56)67/h1-44H. The number of fused-ring (bicyclic) bond motifs is 17. The molecule has 322 valence electrons. The molecule has 0 radical (unpaired) electrons. The highest BCUT2D eigenvalue weighted by Crippen LogP contribution is 2.62. The topological polar surface area (TPSA) is 6.48 Å². The lowest BCUT2D eigenvalue weighted by molar-refractivity contribution is 0.775. The lowest BCUT2D eigenvalue weighted by atomic mass is 9.66. The minimum atomic E-state index is -0.569. The maximum absolute atomic E-state index is 2.50. The second-order valence-electron chi connectivity index (χ2n) is 18.3. The van der Waals surface area contributed by atoms with Gasteiger partial charge in [-0.05, 0) is 126 Å². The van der Waals surface area contributed by atoms with E-state index in [1.165, 1.54) is 89.0 Å². The Labute approximate surface area is 403 Å². The smallest absolute Gasteiger partial charge is 0.0781 e. The summed E-state index contributed by atoms with van der Waals surface area (Å²) in [5.74, 6) is 0. The van der Waals surface area contributed by atoms with Crippen LogP contribution in [0, 0.1) is 0 Å². The van der Waals surface area contributed by atoms with Crippen molar-refractivity contribution in [3.8, 4) is 66.8 Å². The molecule has 11 aromatic rings. The fourth-order valence-corrected chi connectivity index (χ4v) is 12.0. The Morgan fingerprint density at radius 2 is 0.696 bits per heavy atom. The van der Waals surface area contributed by atoms with E-state index < -0.39 is 5.41 Å². The molecule has 1 aliphatic heterocycles. The van der Waals surface area contributed by atoms with Crippen molar-refractivity contribution in [3.63, 3.8) is 0 Å². The minimum Gasteiger partial charge on any atom is -0.308 e. The predicted octanol–water partition coefficient (Wildman–Crippen LogP) is 18.0. The van der Waals surface area contributed by atoms with Gasteiger partial charge in [0.15, 0.2) is 0 Å². The summed E-state index contributed by atoms with van der Waals surface area (Å²) in [6, 6.07) is 99.0. The number of para-hydroxylation sites is 3. The first-order valence-corrected chi connectivity index (χ1v) is 23.9. The molecule has 2 nitrogen and oxygen atoms in total. The van der Waals surface area contributed by atoms with E-state index in [-0.39, 0.29) is 0 Å². The summed E-state index contributed by atoms with van der Waals surface area (Å²) in [6.07, 6.45) is 0. The molecule has 1 heterocycles. The van der Waals surface area contributed by atoms with Crippen LogP contribution >= 0.6 is 0 Å². The molecule has 0 amide bonds. The summed E-state index contributed by atoms with van der Waals surface area (Å²) < 4.78 is 0. The first-order valence-electron chi connectivity index (χ1n) is 23.9.